The first kappa shape index (κ1) is 10.8. The number of rotatable bonds is 2. The van der Waals surface area contributed by atoms with Crippen molar-refractivity contribution in [1.29, 1.82) is 0 Å². The van der Waals surface area contributed by atoms with Crippen LogP contribution in [0.2, 0.25) is 0 Å². The van der Waals surface area contributed by atoms with E-state index in [0.29, 0.717) is 6.04 Å². The molecule has 2 saturated heterocycles. The third kappa shape index (κ3) is 2.47. The highest BCUT2D eigenvalue weighted by Gasteiger charge is 2.34. The number of carbonyl (C=O) groups excluding carboxylic acids is 1. The summed E-state index contributed by atoms with van der Waals surface area (Å²) >= 11 is 0. The first-order valence-electron chi connectivity index (χ1n) is 5.71. The Balaban J connectivity index is 1.95. The number of hydrogen-bond donors (Lipinski definition) is 0. The van der Waals surface area contributed by atoms with E-state index in [4.69, 9.17) is 4.74 Å². The van der Waals surface area contributed by atoms with Gasteiger partial charge in [0, 0.05) is 12.6 Å². The third-order valence-electron chi connectivity index (χ3n) is 3.14. The van der Waals surface area contributed by atoms with Crippen molar-refractivity contribution in [3.63, 3.8) is 0 Å². The fourth-order valence-electron chi connectivity index (χ4n) is 2.37. The molecule has 0 aromatic carbocycles. The highest BCUT2D eigenvalue weighted by molar-refractivity contribution is 5.94. The molecular weight excluding hydrogens is 190 g/mol. The van der Waals surface area contributed by atoms with Gasteiger partial charge in [-0.25, -0.2) is 0 Å². The summed E-state index contributed by atoms with van der Waals surface area (Å²) in [6.45, 7) is 6.53. The molecule has 0 aromatic rings. The molecule has 0 amide bonds. The first-order chi connectivity index (χ1) is 7.16. The molecular formula is C12H19NO2. The standard InChI is InChI=1S/C12H19NO2/c1-9(2)6-11(14)12-7-13-5-3-4-10(13)8-15-12/h6,10,12H,3-5,7-8H2,1-2H3. The molecule has 2 heterocycles. The minimum atomic E-state index is -0.228. The molecule has 2 fully saturated rings. The number of hydrogen-bond acceptors (Lipinski definition) is 3. The summed E-state index contributed by atoms with van der Waals surface area (Å²) in [5.74, 6) is 0.125. The van der Waals surface area contributed by atoms with Gasteiger partial charge in [-0.2, -0.15) is 0 Å². The molecule has 15 heavy (non-hydrogen) atoms. The second kappa shape index (κ2) is 4.45. The van der Waals surface area contributed by atoms with Crippen LogP contribution in [0, 0.1) is 0 Å². The van der Waals surface area contributed by atoms with Crippen LogP contribution in [0.3, 0.4) is 0 Å². The van der Waals surface area contributed by atoms with Crippen LogP contribution in [0.25, 0.3) is 0 Å². The van der Waals surface area contributed by atoms with Gasteiger partial charge in [-0.15, -0.1) is 0 Å². The van der Waals surface area contributed by atoms with Crippen molar-refractivity contribution in [2.45, 2.75) is 38.8 Å². The smallest absolute Gasteiger partial charge is 0.185 e. The highest BCUT2D eigenvalue weighted by atomic mass is 16.5. The lowest BCUT2D eigenvalue weighted by atomic mass is 10.1. The first-order valence-corrected chi connectivity index (χ1v) is 5.71. The Kier molecular flexibility index (Phi) is 3.22. The number of morpholine rings is 1. The predicted octanol–water partition coefficient (Wildman–Crippen LogP) is 1.38. The van der Waals surface area contributed by atoms with Crippen molar-refractivity contribution in [3.8, 4) is 0 Å². The van der Waals surface area contributed by atoms with Gasteiger partial charge in [-0.3, -0.25) is 9.69 Å². The predicted molar refractivity (Wildman–Crippen MR) is 58.8 cm³/mol. The maximum Gasteiger partial charge on any atom is 0.185 e. The second-order valence-corrected chi connectivity index (χ2v) is 4.74. The van der Waals surface area contributed by atoms with Crippen LogP contribution in [0.1, 0.15) is 26.7 Å². The van der Waals surface area contributed by atoms with Crippen LogP contribution in [-0.2, 0) is 9.53 Å². The van der Waals surface area contributed by atoms with Gasteiger partial charge in [0.2, 0.25) is 0 Å². The molecule has 2 atom stereocenters. The van der Waals surface area contributed by atoms with Crippen molar-refractivity contribution < 1.29 is 9.53 Å². The summed E-state index contributed by atoms with van der Waals surface area (Å²) in [6.07, 6.45) is 3.94. The lowest BCUT2D eigenvalue weighted by Gasteiger charge is -2.34. The van der Waals surface area contributed by atoms with E-state index < -0.39 is 0 Å². The van der Waals surface area contributed by atoms with Crippen LogP contribution in [-0.4, -0.2) is 42.5 Å². The van der Waals surface area contributed by atoms with E-state index in [9.17, 15) is 4.79 Å². The highest BCUT2D eigenvalue weighted by Crippen LogP contribution is 2.23. The molecule has 2 aliphatic rings. The normalized spacial score (nSPS) is 31.1. The summed E-state index contributed by atoms with van der Waals surface area (Å²) in [4.78, 5) is 14.2. The van der Waals surface area contributed by atoms with Gasteiger partial charge in [-0.05, 0) is 39.3 Å². The maximum absolute atomic E-state index is 11.8. The monoisotopic (exact) mass is 209 g/mol. The number of ether oxygens (including phenoxy) is 1. The second-order valence-electron chi connectivity index (χ2n) is 4.74. The number of carbonyl (C=O) groups is 1. The average Bonchev–Trinajstić information content (AvgIpc) is 2.62. The Morgan fingerprint density at radius 2 is 2.27 bits per heavy atom. The van der Waals surface area contributed by atoms with Crippen molar-refractivity contribution in [2.75, 3.05) is 19.7 Å². The number of fused-ring (bicyclic) bond motifs is 1. The lowest BCUT2D eigenvalue weighted by molar-refractivity contribution is -0.133. The van der Waals surface area contributed by atoms with E-state index in [2.05, 4.69) is 4.90 Å². The zero-order valence-electron chi connectivity index (χ0n) is 9.53. The van der Waals surface area contributed by atoms with Crippen molar-refractivity contribution in [3.05, 3.63) is 11.6 Å². The number of ketones is 1. The zero-order valence-corrected chi connectivity index (χ0v) is 9.53. The van der Waals surface area contributed by atoms with Gasteiger partial charge < -0.3 is 4.74 Å². The average molecular weight is 209 g/mol. The molecule has 0 saturated carbocycles. The molecule has 2 unspecified atom stereocenters. The Bertz CT molecular complexity index is 281. The van der Waals surface area contributed by atoms with Gasteiger partial charge in [0.15, 0.2) is 5.78 Å². The van der Waals surface area contributed by atoms with Gasteiger partial charge in [0.05, 0.1) is 6.61 Å². The molecule has 0 aliphatic carbocycles. The summed E-state index contributed by atoms with van der Waals surface area (Å²) < 4.78 is 5.62. The molecule has 2 rings (SSSR count). The van der Waals surface area contributed by atoms with Crippen LogP contribution in [0.5, 0.6) is 0 Å². The van der Waals surface area contributed by atoms with E-state index in [1.54, 1.807) is 6.08 Å². The summed E-state index contributed by atoms with van der Waals surface area (Å²) in [5, 5.41) is 0. The molecule has 0 spiro atoms. The number of nitrogens with zero attached hydrogens (tertiary/aromatic N) is 1. The summed E-state index contributed by atoms with van der Waals surface area (Å²) in [5.41, 5.74) is 1.05. The Morgan fingerprint density at radius 3 is 3.00 bits per heavy atom. The third-order valence-corrected chi connectivity index (χ3v) is 3.14. The van der Waals surface area contributed by atoms with Crippen molar-refractivity contribution in [2.24, 2.45) is 0 Å². The molecule has 3 nitrogen and oxygen atoms in total. The number of allylic oxidation sites excluding steroid dienone is 1. The minimum absolute atomic E-state index is 0.125. The fraction of sp³-hybridized carbons (Fsp3) is 0.750. The molecule has 3 heteroatoms. The quantitative estimate of drug-likeness (QED) is 0.644. The van der Waals surface area contributed by atoms with Crippen LogP contribution in [0.15, 0.2) is 11.6 Å². The lowest BCUT2D eigenvalue weighted by Crippen LogP contribution is -2.48. The van der Waals surface area contributed by atoms with Crippen LogP contribution < -0.4 is 0 Å². The van der Waals surface area contributed by atoms with E-state index in [-0.39, 0.29) is 11.9 Å². The Hall–Kier alpha value is -0.670. The Labute approximate surface area is 91.1 Å². The van der Waals surface area contributed by atoms with Gasteiger partial charge in [0.25, 0.3) is 0 Å². The minimum Gasteiger partial charge on any atom is -0.367 e. The molecule has 0 aromatic heterocycles. The topological polar surface area (TPSA) is 29.5 Å². The van der Waals surface area contributed by atoms with Gasteiger partial charge >= 0.3 is 0 Å². The molecule has 0 bridgehead atoms. The summed E-state index contributed by atoms with van der Waals surface area (Å²) in [6, 6.07) is 0.570. The fourth-order valence-corrected chi connectivity index (χ4v) is 2.37. The van der Waals surface area contributed by atoms with E-state index >= 15 is 0 Å². The largest absolute Gasteiger partial charge is 0.367 e. The SMILES string of the molecule is CC(C)=CC(=O)C1CN2CCCC2CO1. The zero-order chi connectivity index (χ0) is 10.8. The summed E-state index contributed by atoms with van der Waals surface area (Å²) in [7, 11) is 0. The maximum atomic E-state index is 11.8. The van der Waals surface area contributed by atoms with Crippen molar-refractivity contribution in [1.82, 2.24) is 4.90 Å². The molecule has 84 valence electrons. The van der Waals surface area contributed by atoms with E-state index in [0.717, 1.165) is 25.3 Å². The Morgan fingerprint density at radius 1 is 1.47 bits per heavy atom. The van der Waals surface area contributed by atoms with E-state index in [1.165, 1.54) is 12.8 Å². The van der Waals surface area contributed by atoms with E-state index in [1.807, 2.05) is 13.8 Å². The molecule has 2 aliphatic heterocycles. The molecule has 0 N–H and O–H groups in total. The van der Waals surface area contributed by atoms with Gasteiger partial charge in [0.1, 0.15) is 6.10 Å². The molecule has 0 radical (unpaired) electrons. The van der Waals surface area contributed by atoms with Crippen molar-refractivity contribution >= 4 is 5.78 Å². The van der Waals surface area contributed by atoms with Gasteiger partial charge in [-0.1, -0.05) is 5.57 Å². The van der Waals surface area contributed by atoms with Crippen LogP contribution >= 0.6 is 0 Å². The van der Waals surface area contributed by atoms with Crippen LogP contribution in [0.4, 0.5) is 0 Å².